The Bertz CT molecular complexity index is 2870. The maximum absolute atomic E-state index is 14.4. The van der Waals surface area contributed by atoms with Crippen LogP contribution in [0.4, 0.5) is 21.5 Å². The molecule has 0 saturated heterocycles. The molecule has 0 N–H and O–H groups in total. The Balaban J connectivity index is 1.28. The molecule has 56 heavy (non-hydrogen) atoms. The summed E-state index contributed by atoms with van der Waals surface area (Å²) in [6.07, 6.45) is 0. The summed E-state index contributed by atoms with van der Waals surface area (Å²) in [5.41, 5.74) is 6.26. The van der Waals surface area contributed by atoms with Crippen LogP contribution >= 0.6 is 0 Å². The normalized spacial score (nSPS) is 11.7. The first kappa shape index (κ1) is 33.5. The van der Waals surface area contributed by atoms with Crippen molar-refractivity contribution in [2.75, 3.05) is 4.90 Å². The fourth-order valence-electron chi connectivity index (χ4n) is 8.66. The van der Waals surface area contributed by atoms with Crippen molar-refractivity contribution in [1.29, 1.82) is 0 Å². The summed E-state index contributed by atoms with van der Waals surface area (Å²) in [4.78, 5) is 2.34. The van der Waals surface area contributed by atoms with E-state index in [-0.39, 0.29) is 5.82 Å². The first-order chi connectivity index (χ1) is 27.7. The average molecular weight is 737 g/mol. The van der Waals surface area contributed by atoms with Crippen molar-refractivity contribution >= 4 is 78.5 Å². The van der Waals surface area contributed by atoms with Crippen molar-refractivity contribution in [3.63, 3.8) is 0 Å². The van der Waals surface area contributed by atoms with Gasteiger partial charge in [0.05, 0.1) is 11.0 Å². The third kappa shape index (κ3) is 5.62. The Morgan fingerprint density at radius 2 is 0.839 bits per heavy atom. The van der Waals surface area contributed by atoms with Gasteiger partial charge in [0.25, 0.3) is 0 Å². The van der Waals surface area contributed by atoms with Gasteiger partial charge in [-0.05, 0) is 104 Å². The Hall–Kier alpha value is -7.01. The fraction of sp³-hybridized carbons (Fsp3) is 0. The SMILES string of the molecule is Fc1ccc(-n2c3ccc(N(c4ccccc4)c4ccc5ccccc5c4)cc3c3cc([Si](c4ccccc4)(c4ccccc4)c4ccccc4)ccc32)cc1. The molecular weight excluding hydrogens is 700 g/mol. The van der Waals surface area contributed by atoms with Crippen LogP contribution < -0.4 is 25.6 Å². The van der Waals surface area contributed by atoms with Crippen LogP contribution in [0.1, 0.15) is 0 Å². The summed E-state index contributed by atoms with van der Waals surface area (Å²) in [5.74, 6) is -0.252. The molecule has 4 heteroatoms. The van der Waals surface area contributed by atoms with Crippen molar-refractivity contribution < 1.29 is 4.39 Å². The second-order valence-electron chi connectivity index (χ2n) is 14.3. The summed E-state index contributed by atoms with van der Waals surface area (Å²) in [6, 6.07) is 79.6. The zero-order valence-electron chi connectivity index (χ0n) is 30.6. The zero-order valence-corrected chi connectivity index (χ0v) is 31.6. The molecule has 0 spiro atoms. The molecule has 10 aromatic rings. The highest BCUT2D eigenvalue weighted by Crippen LogP contribution is 2.40. The molecule has 0 aliphatic heterocycles. The Morgan fingerprint density at radius 3 is 1.45 bits per heavy atom. The summed E-state index contributed by atoms with van der Waals surface area (Å²) in [5, 5.41) is 9.94. The smallest absolute Gasteiger partial charge is 0.179 e. The maximum Gasteiger partial charge on any atom is 0.179 e. The van der Waals surface area contributed by atoms with E-state index in [0.717, 1.165) is 44.6 Å². The second kappa shape index (κ2) is 14.0. The van der Waals surface area contributed by atoms with Gasteiger partial charge in [0.15, 0.2) is 8.07 Å². The molecule has 1 heterocycles. The maximum atomic E-state index is 14.4. The average Bonchev–Trinajstić information content (AvgIpc) is 3.59. The van der Waals surface area contributed by atoms with Gasteiger partial charge < -0.3 is 9.47 Å². The standard InChI is InChI=1S/C52H37FN2Si/c53-40-26-29-42(30-27-40)55-51-33-31-44(54(41-17-5-1-6-18-41)43-28-25-38-15-13-14-16-39(38)35-43)36-49(51)50-37-48(32-34-52(50)55)56(45-19-7-2-8-20-45,46-21-9-3-10-22-46)47-23-11-4-12-24-47/h1-37H. The third-order valence-electron chi connectivity index (χ3n) is 11.2. The van der Waals surface area contributed by atoms with Crippen LogP contribution in [0.25, 0.3) is 38.3 Å². The molecule has 0 aliphatic rings. The molecule has 0 fully saturated rings. The van der Waals surface area contributed by atoms with Crippen molar-refractivity contribution in [2.24, 2.45) is 0 Å². The fourth-order valence-corrected chi connectivity index (χ4v) is 13.4. The molecule has 266 valence electrons. The topological polar surface area (TPSA) is 8.17 Å². The van der Waals surface area contributed by atoms with Gasteiger partial charge in [0.1, 0.15) is 5.82 Å². The van der Waals surface area contributed by atoms with Crippen LogP contribution in [0, 0.1) is 5.82 Å². The van der Waals surface area contributed by atoms with Crippen molar-refractivity contribution in [1.82, 2.24) is 4.57 Å². The van der Waals surface area contributed by atoms with Gasteiger partial charge in [0.2, 0.25) is 0 Å². The van der Waals surface area contributed by atoms with Crippen LogP contribution in [-0.2, 0) is 0 Å². The van der Waals surface area contributed by atoms with Crippen molar-refractivity contribution in [2.45, 2.75) is 0 Å². The van der Waals surface area contributed by atoms with Crippen LogP contribution in [0.15, 0.2) is 224 Å². The predicted molar refractivity (Wildman–Crippen MR) is 237 cm³/mol. The molecule has 0 bridgehead atoms. The van der Waals surface area contributed by atoms with E-state index in [0.29, 0.717) is 0 Å². The molecule has 10 rings (SSSR count). The summed E-state index contributed by atoms with van der Waals surface area (Å²) in [7, 11) is -2.82. The van der Waals surface area contributed by atoms with Gasteiger partial charge in [-0.25, -0.2) is 4.39 Å². The molecular formula is C52H37FN2Si. The van der Waals surface area contributed by atoms with Crippen LogP contribution in [0.3, 0.4) is 0 Å². The van der Waals surface area contributed by atoms with Gasteiger partial charge in [-0.1, -0.05) is 152 Å². The lowest BCUT2D eigenvalue weighted by molar-refractivity contribution is 0.627. The van der Waals surface area contributed by atoms with E-state index in [9.17, 15) is 4.39 Å². The number of hydrogen-bond acceptors (Lipinski definition) is 1. The molecule has 2 nitrogen and oxygen atoms in total. The van der Waals surface area contributed by atoms with E-state index < -0.39 is 8.07 Å². The lowest BCUT2D eigenvalue weighted by atomic mass is 10.1. The molecule has 0 saturated carbocycles. The van der Waals surface area contributed by atoms with Crippen molar-refractivity contribution in [3.8, 4) is 5.69 Å². The minimum absolute atomic E-state index is 0.252. The summed E-state index contributed by atoms with van der Waals surface area (Å²) >= 11 is 0. The molecule has 0 radical (unpaired) electrons. The number of nitrogens with zero attached hydrogens (tertiary/aromatic N) is 2. The number of benzene rings is 9. The summed E-state index contributed by atoms with van der Waals surface area (Å²) in [6.45, 7) is 0. The Kier molecular flexibility index (Phi) is 8.39. The van der Waals surface area contributed by atoms with Gasteiger partial charge in [-0.15, -0.1) is 0 Å². The number of anilines is 3. The molecule has 0 aliphatic carbocycles. The van der Waals surface area contributed by atoms with Gasteiger partial charge in [-0.3, -0.25) is 0 Å². The van der Waals surface area contributed by atoms with E-state index >= 15 is 0 Å². The third-order valence-corrected chi connectivity index (χ3v) is 15.9. The zero-order chi connectivity index (χ0) is 37.5. The molecule has 0 atom stereocenters. The first-order valence-corrected chi connectivity index (χ1v) is 21.0. The lowest BCUT2D eigenvalue weighted by Gasteiger charge is -2.34. The highest BCUT2D eigenvalue weighted by Gasteiger charge is 2.41. The number of aromatic nitrogens is 1. The van der Waals surface area contributed by atoms with Crippen LogP contribution in [0.5, 0.6) is 0 Å². The molecule has 1 aromatic heterocycles. The van der Waals surface area contributed by atoms with Crippen LogP contribution in [-0.4, -0.2) is 12.6 Å². The monoisotopic (exact) mass is 736 g/mol. The van der Waals surface area contributed by atoms with Crippen LogP contribution in [0.2, 0.25) is 0 Å². The van der Waals surface area contributed by atoms with Crippen molar-refractivity contribution in [3.05, 3.63) is 230 Å². The molecule has 0 unspecified atom stereocenters. The minimum atomic E-state index is -2.82. The second-order valence-corrected chi connectivity index (χ2v) is 18.1. The first-order valence-electron chi connectivity index (χ1n) is 19.0. The van der Waals surface area contributed by atoms with E-state index in [1.807, 2.05) is 12.1 Å². The number of para-hydroxylation sites is 1. The van der Waals surface area contributed by atoms with E-state index in [4.69, 9.17) is 0 Å². The Labute approximate surface area is 327 Å². The minimum Gasteiger partial charge on any atom is -0.310 e. The highest BCUT2D eigenvalue weighted by atomic mass is 28.3. The van der Waals surface area contributed by atoms with Gasteiger partial charge >= 0.3 is 0 Å². The number of rotatable bonds is 8. The van der Waals surface area contributed by atoms with E-state index in [1.165, 1.54) is 31.5 Å². The summed E-state index contributed by atoms with van der Waals surface area (Å²) < 4.78 is 16.7. The number of fused-ring (bicyclic) bond motifs is 4. The number of halogens is 1. The Morgan fingerprint density at radius 1 is 0.357 bits per heavy atom. The van der Waals surface area contributed by atoms with Gasteiger partial charge in [-0.2, -0.15) is 0 Å². The lowest BCUT2D eigenvalue weighted by Crippen LogP contribution is -2.74. The predicted octanol–water partition coefficient (Wildman–Crippen LogP) is 10.9. The number of hydrogen-bond donors (Lipinski definition) is 0. The highest BCUT2D eigenvalue weighted by molar-refractivity contribution is 7.20. The van der Waals surface area contributed by atoms with E-state index in [1.54, 1.807) is 12.1 Å². The van der Waals surface area contributed by atoms with E-state index in [2.05, 4.69) is 210 Å². The quantitative estimate of drug-likeness (QED) is 0.111. The largest absolute Gasteiger partial charge is 0.310 e. The van der Waals surface area contributed by atoms with Gasteiger partial charge in [0, 0.05) is 33.5 Å². The molecule has 0 amide bonds. The molecule has 9 aromatic carbocycles.